The predicted molar refractivity (Wildman–Crippen MR) is 75.0 cm³/mol. The molecule has 3 atom stereocenters. The van der Waals surface area contributed by atoms with Crippen molar-refractivity contribution in [1.29, 1.82) is 0 Å². The van der Waals surface area contributed by atoms with Crippen LogP contribution in [0.1, 0.15) is 32.1 Å². The van der Waals surface area contributed by atoms with Crippen molar-refractivity contribution < 1.29 is 4.79 Å². The topological polar surface area (TPSA) is 56.4 Å². The number of nitrogens with zero attached hydrogens (tertiary/aromatic N) is 1. The van der Waals surface area contributed by atoms with E-state index in [0.29, 0.717) is 18.1 Å². The first-order valence-electron chi connectivity index (χ1n) is 7.70. The predicted octanol–water partition coefficient (Wildman–Crippen LogP) is -0.321. The van der Waals surface area contributed by atoms with Crippen molar-refractivity contribution in [2.45, 2.75) is 56.3 Å². The minimum Gasteiger partial charge on any atom is -0.352 e. The highest BCUT2D eigenvalue weighted by Gasteiger charge is 2.37. The van der Waals surface area contributed by atoms with Crippen LogP contribution in [-0.4, -0.2) is 61.7 Å². The molecule has 3 aliphatic heterocycles. The zero-order chi connectivity index (χ0) is 13.2. The second-order valence-electron chi connectivity index (χ2n) is 6.29. The highest BCUT2D eigenvalue weighted by Crippen LogP contribution is 2.32. The average molecular weight is 266 g/mol. The number of carbonyl (C=O) groups excluding carboxylic acids is 1. The number of hydrogen-bond donors (Lipinski definition) is 3. The zero-order valence-electron chi connectivity index (χ0n) is 11.8. The molecule has 0 aromatic heterocycles. The SMILES string of the molecule is CN1C2CCCC1CC(NC(=O)C1CNCCN1)C2. The van der Waals surface area contributed by atoms with Crippen molar-refractivity contribution in [3.63, 3.8) is 0 Å². The van der Waals surface area contributed by atoms with Gasteiger partial charge in [-0.25, -0.2) is 0 Å². The van der Waals surface area contributed by atoms with Crippen LogP contribution >= 0.6 is 0 Å². The molecule has 19 heavy (non-hydrogen) atoms. The lowest BCUT2D eigenvalue weighted by Gasteiger charge is -2.47. The monoisotopic (exact) mass is 266 g/mol. The van der Waals surface area contributed by atoms with Gasteiger partial charge in [0, 0.05) is 37.8 Å². The molecule has 2 bridgehead atoms. The van der Waals surface area contributed by atoms with Crippen LogP contribution in [0.3, 0.4) is 0 Å². The van der Waals surface area contributed by atoms with Gasteiger partial charge in [0.05, 0.1) is 6.04 Å². The summed E-state index contributed by atoms with van der Waals surface area (Å²) in [6.45, 7) is 2.60. The van der Waals surface area contributed by atoms with Crippen LogP contribution in [-0.2, 0) is 4.79 Å². The molecule has 1 amide bonds. The van der Waals surface area contributed by atoms with E-state index in [-0.39, 0.29) is 11.9 Å². The molecule has 0 aromatic carbocycles. The summed E-state index contributed by atoms with van der Waals surface area (Å²) in [6, 6.07) is 1.68. The summed E-state index contributed by atoms with van der Waals surface area (Å²) in [5.74, 6) is 0.180. The minimum atomic E-state index is -0.0479. The lowest BCUT2D eigenvalue weighted by Crippen LogP contribution is -2.60. The Labute approximate surface area is 115 Å². The van der Waals surface area contributed by atoms with Crippen LogP contribution < -0.4 is 16.0 Å². The maximum absolute atomic E-state index is 12.2. The Morgan fingerprint density at radius 1 is 1.21 bits per heavy atom. The highest BCUT2D eigenvalue weighted by molar-refractivity contribution is 5.82. The van der Waals surface area contributed by atoms with E-state index in [4.69, 9.17) is 0 Å². The first-order chi connectivity index (χ1) is 9.24. The van der Waals surface area contributed by atoms with Crippen LogP contribution in [0.4, 0.5) is 0 Å². The molecule has 5 nitrogen and oxygen atoms in total. The number of piperazine rings is 1. The minimum absolute atomic E-state index is 0.0479. The van der Waals surface area contributed by atoms with Crippen LogP contribution in [0.25, 0.3) is 0 Å². The van der Waals surface area contributed by atoms with Gasteiger partial charge in [0.25, 0.3) is 0 Å². The Kier molecular flexibility index (Phi) is 4.05. The Morgan fingerprint density at radius 2 is 1.95 bits per heavy atom. The van der Waals surface area contributed by atoms with Gasteiger partial charge >= 0.3 is 0 Å². The van der Waals surface area contributed by atoms with E-state index >= 15 is 0 Å². The summed E-state index contributed by atoms with van der Waals surface area (Å²) in [5.41, 5.74) is 0. The lowest BCUT2D eigenvalue weighted by molar-refractivity contribution is -0.124. The van der Waals surface area contributed by atoms with E-state index in [1.165, 1.54) is 19.3 Å². The molecule has 3 unspecified atom stereocenters. The molecule has 3 rings (SSSR count). The fourth-order valence-corrected chi connectivity index (χ4v) is 3.87. The van der Waals surface area contributed by atoms with Crippen molar-refractivity contribution in [3.8, 4) is 0 Å². The third kappa shape index (κ3) is 2.93. The molecule has 3 heterocycles. The summed E-state index contributed by atoms with van der Waals surface area (Å²) in [4.78, 5) is 14.8. The third-order valence-corrected chi connectivity index (χ3v) is 5.04. The Balaban J connectivity index is 1.54. The largest absolute Gasteiger partial charge is 0.352 e. The first-order valence-corrected chi connectivity index (χ1v) is 7.70. The Bertz CT molecular complexity index is 315. The number of carbonyl (C=O) groups is 1. The maximum atomic E-state index is 12.2. The van der Waals surface area contributed by atoms with Gasteiger partial charge in [-0.1, -0.05) is 6.42 Å². The van der Waals surface area contributed by atoms with E-state index in [1.54, 1.807) is 0 Å². The number of fused-ring (bicyclic) bond motifs is 2. The van der Waals surface area contributed by atoms with Gasteiger partial charge in [0.2, 0.25) is 5.91 Å². The molecule has 108 valence electrons. The Morgan fingerprint density at radius 3 is 2.58 bits per heavy atom. The number of amides is 1. The van der Waals surface area contributed by atoms with Crippen LogP contribution in [0, 0.1) is 0 Å². The molecule has 3 N–H and O–H groups in total. The average Bonchev–Trinajstić information content (AvgIpc) is 2.41. The van der Waals surface area contributed by atoms with Gasteiger partial charge in [-0.2, -0.15) is 0 Å². The van der Waals surface area contributed by atoms with Gasteiger partial charge in [0.15, 0.2) is 0 Å². The number of nitrogens with one attached hydrogen (secondary N) is 3. The van der Waals surface area contributed by atoms with Crippen molar-refractivity contribution >= 4 is 5.91 Å². The molecule has 0 radical (unpaired) electrons. The van der Waals surface area contributed by atoms with Gasteiger partial charge in [0.1, 0.15) is 0 Å². The molecular formula is C14H26N4O. The molecule has 0 spiro atoms. The van der Waals surface area contributed by atoms with Crippen molar-refractivity contribution in [3.05, 3.63) is 0 Å². The molecule has 5 heteroatoms. The van der Waals surface area contributed by atoms with Gasteiger partial charge < -0.3 is 20.9 Å². The third-order valence-electron chi connectivity index (χ3n) is 5.04. The normalized spacial score (nSPS) is 39.8. The summed E-state index contributed by atoms with van der Waals surface area (Å²) in [6.07, 6.45) is 6.19. The van der Waals surface area contributed by atoms with E-state index in [0.717, 1.165) is 32.5 Å². The second kappa shape index (κ2) is 5.77. The van der Waals surface area contributed by atoms with Gasteiger partial charge in [-0.3, -0.25) is 4.79 Å². The fraction of sp³-hybridized carbons (Fsp3) is 0.929. The van der Waals surface area contributed by atoms with Gasteiger partial charge in [-0.15, -0.1) is 0 Å². The summed E-state index contributed by atoms with van der Waals surface area (Å²) in [5, 5.41) is 9.82. The lowest BCUT2D eigenvalue weighted by atomic mass is 9.82. The molecule has 3 saturated heterocycles. The zero-order valence-corrected chi connectivity index (χ0v) is 11.8. The Hall–Kier alpha value is -0.650. The summed E-state index contributed by atoms with van der Waals surface area (Å²) >= 11 is 0. The molecule has 0 aromatic rings. The molecule has 3 aliphatic rings. The quantitative estimate of drug-likeness (QED) is 0.641. The van der Waals surface area contributed by atoms with Crippen molar-refractivity contribution in [2.75, 3.05) is 26.7 Å². The van der Waals surface area contributed by atoms with E-state index in [9.17, 15) is 4.79 Å². The standard InChI is InChI=1S/C14H26N4O/c1-18-11-3-2-4-12(18)8-10(7-11)17-14(19)13-9-15-5-6-16-13/h10-13,15-16H,2-9H2,1H3,(H,17,19). The van der Waals surface area contributed by atoms with E-state index < -0.39 is 0 Å². The summed E-state index contributed by atoms with van der Waals surface area (Å²) < 4.78 is 0. The molecule has 0 aliphatic carbocycles. The van der Waals surface area contributed by atoms with E-state index in [2.05, 4.69) is 27.9 Å². The first kappa shape index (κ1) is 13.3. The van der Waals surface area contributed by atoms with E-state index in [1.807, 2.05) is 0 Å². The molecule has 3 fully saturated rings. The van der Waals surface area contributed by atoms with Crippen LogP contribution in [0.15, 0.2) is 0 Å². The van der Waals surface area contributed by atoms with Gasteiger partial charge in [-0.05, 0) is 32.7 Å². The van der Waals surface area contributed by atoms with Crippen LogP contribution in [0.2, 0.25) is 0 Å². The highest BCUT2D eigenvalue weighted by atomic mass is 16.2. The molecular weight excluding hydrogens is 240 g/mol. The maximum Gasteiger partial charge on any atom is 0.238 e. The fourth-order valence-electron chi connectivity index (χ4n) is 3.87. The smallest absolute Gasteiger partial charge is 0.238 e. The number of piperidine rings is 2. The number of hydrogen-bond acceptors (Lipinski definition) is 4. The second-order valence-corrected chi connectivity index (χ2v) is 6.29. The van der Waals surface area contributed by atoms with Crippen molar-refractivity contribution in [1.82, 2.24) is 20.9 Å². The summed E-state index contributed by atoms with van der Waals surface area (Å²) in [7, 11) is 2.25. The van der Waals surface area contributed by atoms with Crippen LogP contribution in [0.5, 0.6) is 0 Å². The molecule has 0 saturated carbocycles. The number of rotatable bonds is 2. The van der Waals surface area contributed by atoms with Crippen molar-refractivity contribution in [2.24, 2.45) is 0 Å².